The molecule has 3 aromatic heterocycles. The number of nitrogens with one attached hydrogen (secondary N) is 1. The second-order valence-corrected chi connectivity index (χ2v) is 7.98. The number of nitrogens with zero attached hydrogens (tertiary/aromatic N) is 5. The Balaban J connectivity index is 1.84. The van der Waals surface area contributed by atoms with Crippen molar-refractivity contribution in [1.29, 1.82) is 0 Å². The normalized spacial score (nSPS) is 10.8. The number of esters is 1. The van der Waals surface area contributed by atoms with E-state index in [-0.39, 0.29) is 45.8 Å². The van der Waals surface area contributed by atoms with Crippen LogP contribution in [0.3, 0.4) is 0 Å². The summed E-state index contributed by atoms with van der Waals surface area (Å²) >= 11 is 0.870. The van der Waals surface area contributed by atoms with Crippen LogP contribution >= 0.6 is 11.3 Å². The van der Waals surface area contributed by atoms with E-state index in [0.717, 1.165) is 11.3 Å². The van der Waals surface area contributed by atoms with Gasteiger partial charge in [0.05, 0.1) is 22.0 Å². The Morgan fingerprint density at radius 1 is 1.27 bits per heavy atom. The van der Waals surface area contributed by atoms with Gasteiger partial charge in [-0.25, -0.2) is 9.48 Å². The van der Waals surface area contributed by atoms with Crippen LogP contribution in [-0.2, 0) is 11.4 Å². The van der Waals surface area contributed by atoms with Gasteiger partial charge in [0, 0.05) is 6.20 Å². The van der Waals surface area contributed by atoms with E-state index >= 15 is 0 Å². The van der Waals surface area contributed by atoms with E-state index in [1.807, 2.05) is 0 Å². The van der Waals surface area contributed by atoms with Crippen molar-refractivity contribution >= 4 is 39.8 Å². The van der Waals surface area contributed by atoms with Gasteiger partial charge >= 0.3 is 11.7 Å². The quantitative estimate of drug-likeness (QED) is 0.282. The van der Waals surface area contributed by atoms with E-state index in [1.165, 1.54) is 28.6 Å². The molecular weight excluding hydrogens is 454 g/mol. The van der Waals surface area contributed by atoms with Gasteiger partial charge in [0.2, 0.25) is 0 Å². The molecule has 0 fully saturated rings. The third kappa shape index (κ3) is 4.59. The fourth-order valence-electron chi connectivity index (χ4n) is 3.24. The zero-order valence-corrected chi connectivity index (χ0v) is 19.1. The van der Waals surface area contributed by atoms with Crippen LogP contribution in [0.4, 0.5) is 10.7 Å². The highest BCUT2D eigenvalue weighted by molar-refractivity contribution is 7.18. The van der Waals surface area contributed by atoms with Crippen molar-refractivity contribution in [3.63, 3.8) is 0 Å². The fourth-order valence-corrected chi connectivity index (χ4v) is 4.28. The van der Waals surface area contributed by atoms with Gasteiger partial charge in [-0.1, -0.05) is 0 Å². The maximum absolute atomic E-state index is 12.8. The van der Waals surface area contributed by atoms with Gasteiger partial charge in [0.15, 0.2) is 5.69 Å². The van der Waals surface area contributed by atoms with Gasteiger partial charge in [0.25, 0.3) is 11.8 Å². The lowest BCUT2D eigenvalue weighted by atomic mass is 10.1. The van der Waals surface area contributed by atoms with Crippen molar-refractivity contribution in [2.45, 2.75) is 34.4 Å². The van der Waals surface area contributed by atoms with Crippen molar-refractivity contribution in [3.05, 3.63) is 55.5 Å². The number of aromatic nitrogens is 4. The number of hydrogen-bond donors (Lipinski definition) is 2. The number of carbonyl (C=O) groups is 3. The predicted molar refractivity (Wildman–Crippen MR) is 117 cm³/mol. The number of ether oxygens (including phenoxy) is 1. The van der Waals surface area contributed by atoms with E-state index in [9.17, 15) is 24.5 Å². The summed E-state index contributed by atoms with van der Waals surface area (Å²) in [6.07, 6.45) is 1.51. The Morgan fingerprint density at radius 3 is 2.55 bits per heavy atom. The Bertz CT molecular complexity index is 1270. The number of nitrogens with two attached hydrogens (primary N) is 1. The molecule has 0 bridgehead atoms. The highest BCUT2D eigenvalue weighted by Gasteiger charge is 2.27. The summed E-state index contributed by atoms with van der Waals surface area (Å²) in [4.78, 5) is 47.6. The maximum atomic E-state index is 12.8. The van der Waals surface area contributed by atoms with E-state index in [2.05, 4.69) is 15.5 Å². The lowest BCUT2D eigenvalue weighted by Crippen LogP contribution is -2.17. The summed E-state index contributed by atoms with van der Waals surface area (Å²) in [5.74, 6) is -2.05. The molecule has 14 heteroatoms. The van der Waals surface area contributed by atoms with E-state index in [4.69, 9.17) is 10.5 Å². The van der Waals surface area contributed by atoms with E-state index < -0.39 is 22.7 Å². The molecule has 3 rings (SSSR count). The van der Waals surface area contributed by atoms with Crippen molar-refractivity contribution < 1.29 is 24.0 Å². The van der Waals surface area contributed by atoms with Crippen LogP contribution in [0.1, 0.15) is 54.4 Å². The molecule has 0 saturated heterocycles. The van der Waals surface area contributed by atoms with Crippen molar-refractivity contribution in [1.82, 2.24) is 19.6 Å². The number of primary amides is 1. The summed E-state index contributed by atoms with van der Waals surface area (Å²) in [5.41, 5.74) is 6.31. The Hall–Kier alpha value is -4.07. The minimum atomic E-state index is -0.730. The molecule has 13 nitrogen and oxygen atoms in total. The van der Waals surface area contributed by atoms with Crippen LogP contribution in [-0.4, -0.2) is 48.9 Å². The molecule has 2 amide bonds. The van der Waals surface area contributed by atoms with Crippen LogP contribution in [0, 0.1) is 30.9 Å². The molecule has 3 aromatic rings. The highest BCUT2D eigenvalue weighted by Crippen LogP contribution is 2.33. The first-order valence-corrected chi connectivity index (χ1v) is 10.5. The van der Waals surface area contributed by atoms with Crippen LogP contribution in [0.2, 0.25) is 0 Å². The molecule has 0 saturated carbocycles. The first kappa shape index (κ1) is 23.6. The maximum Gasteiger partial charge on any atom is 0.341 e. The number of carbonyl (C=O) groups excluding carboxylic acids is 3. The Morgan fingerprint density at radius 2 is 1.97 bits per heavy atom. The minimum absolute atomic E-state index is 0.0208. The van der Waals surface area contributed by atoms with Crippen LogP contribution in [0.25, 0.3) is 0 Å². The Labute approximate surface area is 191 Å². The molecular formula is C19H21N7O6S. The molecule has 0 unspecified atom stereocenters. The fraction of sp³-hybridized carbons (Fsp3) is 0.316. The van der Waals surface area contributed by atoms with Gasteiger partial charge in [-0.05, 0) is 39.3 Å². The molecule has 0 aromatic carbocycles. The third-order valence-electron chi connectivity index (χ3n) is 4.76. The largest absolute Gasteiger partial charge is 0.462 e. The first-order valence-electron chi connectivity index (χ1n) is 9.68. The van der Waals surface area contributed by atoms with Crippen LogP contribution in [0.15, 0.2) is 12.3 Å². The van der Waals surface area contributed by atoms with Gasteiger partial charge in [-0.2, -0.15) is 10.2 Å². The van der Waals surface area contributed by atoms with Gasteiger partial charge in [-0.3, -0.25) is 24.4 Å². The third-order valence-corrected chi connectivity index (χ3v) is 5.98. The SMILES string of the molecule is CCOC(=O)c1c(NC(=O)c2ccn(Cn3nc(C)c([N+](=O)[O-])c3C)n2)sc(C(N)=O)c1C. The zero-order chi connectivity index (χ0) is 24.4. The van der Waals surface area contributed by atoms with Crippen molar-refractivity contribution in [2.24, 2.45) is 5.73 Å². The molecule has 0 aliphatic heterocycles. The number of hydrogen-bond acceptors (Lipinski definition) is 9. The second kappa shape index (κ2) is 9.20. The van der Waals surface area contributed by atoms with Gasteiger partial charge < -0.3 is 15.8 Å². The lowest BCUT2D eigenvalue weighted by Gasteiger charge is -2.06. The minimum Gasteiger partial charge on any atom is -0.462 e. The lowest BCUT2D eigenvalue weighted by molar-refractivity contribution is -0.386. The number of thiophene rings is 1. The number of amides is 2. The standard InChI is InChI=1S/C19H21N7O6S/c1-5-32-19(29)13-9(2)15(16(20)27)33-18(13)21-17(28)12-6-7-24(23-12)8-25-11(4)14(26(30)31)10(3)22-25/h6-7H,5,8H2,1-4H3,(H2,20,27)(H,21,28). The summed E-state index contributed by atoms with van der Waals surface area (Å²) in [7, 11) is 0. The average molecular weight is 475 g/mol. The van der Waals surface area contributed by atoms with Crippen molar-refractivity contribution in [2.75, 3.05) is 11.9 Å². The van der Waals surface area contributed by atoms with Crippen molar-refractivity contribution in [3.8, 4) is 0 Å². The van der Waals surface area contributed by atoms with Crippen LogP contribution in [0.5, 0.6) is 0 Å². The van der Waals surface area contributed by atoms with Gasteiger partial charge in [-0.15, -0.1) is 11.3 Å². The Kier molecular flexibility index (Phi) is 6.57. The monoisotopic (exact) mass is 475 g/mol. The number of nitro groups is 1. The summed E-state index contributed by atoms with van der Waals surface area (Å²) in [5, 5.41) is 22.2. The van der Waals surface area contributed by atoms with Gasteiger partial charge in [0.1, 0.15) is 23.1 Å². The average Bonchev–Trinajstić information content (AvgIpc) is 3.39. The molecule has 0 aliphatic carbocycles. The van der Waals surface area contributed by atoms with E-state index in [1.54, 1.807) is 20.8 Å². The zero-order valence-electron chi connectivity index (χ0n) is 18.2. The molecule has 0 spiro atoms. The first-order chi connectivity index (χ1) is 15.5. The summed E-state index contributed by atoms with van der Waals surface area (Å²) in [6.45, 7) is 6.45. The molecule has 0 aliphatic rings. The number of rotatable bonds is 8. The molecule has 3 N–H and O–H groups in total. The van der Waals surface area contributed by atoms with E-state index in [0.29, 0.717) is 11.3 Å². The van der Waals surface area contributed by atoms with Crippen LogP contribution < -0.4 is 11.1 Å². The molecule has 33 heavy (non-hydrogen) atoms. The number of anilines is 1. The molecule has 174 valence electrons. The predicted octanol–water partition coefficient (Wildman–Crippen LogP) is 2.01. The highest BCUT2D eigenvalue weighted by atomic mass is 32.1. The summed E-state index contributed by atoms with van der Waals surface area (Å²) in [6, 6.07) is 1.44. The molecule has 0 radical (unpaired) electrons. The number of aryl methyl sites for hydroxylation is 1. The topological polar surface area (TPSA) is 177 Å². The smallest absolute Gasteiger partial charge is 0.341 e. The summed E-state index contributed by atoms with van der Waals surface area (Å²) < 4.78 is 7.82. The molecule has 3 heterocycles. The second-order valence-electron chi connectivity index (χ2n) is 6.96. The molecule has 0 atom stereocenters.